The van der Waals surface area contributed by atoms with E-state index in [1.807, 2.05) is 24.7 Å². The van der Waals surface area contributed by atoms with Gasteiger partial charge in [-0.15, -0.1) is 0 Å². The number of imidazole rings is 1. The number of likely N-dealkylation sites (tertiary alicyclic amines) is 1. The molecule has 6 nitrogen and oxygen atoms in total. The van der Waals surface area contributed by atoms with Gasteiger partial charge in [-0.1, -0.05) is 0 Å². The smallest absolute Gasteiger partial charge is 0.315 e. The number of esters is 1. The molecule has 0 N–H and O–H groups in total. The minimum atomic E-state index is -0.540. The number of aromatic nitrogens is 2. The topological polar surface area (TPSA) is 56.6 Å². The van der Waals surface area contributed by atoms with Crippen LogP contribution in [-0.2, 0) is 27.9 Å². The van der Waals surface area contributed by atoms with Crippen molar-refractivity contribution >= 4 is 5.97 Å². The van der Waals surface area contributed by atoms with Crippen LogP contribution in [0.3, 0.4) is 0 Å². The van der Waals surface area contributed by atoms with Crippen molar-refractivity contribution in [3.63, 3.8) is 0 Å². The first-order valence-corrected chi connectivity index (χ1v) is 7.45. The second-order valence-corrected chi connectivity index (χ2v) is 5.74. The van der Waals surface area contributed by atoms with Gasteiger partial charge in [0, 0.05) is 33.4 Å². The zero-order valence-corrected chi connectivity index (χ0v) is 13.2. The Bertz CT molecular complexity index is 470. The van der Waals surface area contributed by atoms with Gasteiger partial charge in [0.1, 0.15) is 5.41 Å². The highest BCUT2D eigenvalue weighted by Crippen LogP contribution is 2.32. The predicted octanol–water partition coefficient (Wildman–Crippen LogP) is 1.21. The lowest BCUT2D eigenvalue weighted by atomic mass is 9.80. The number of carbonyl (C=O) groups is 1. The average Bonchev–Trinajstić information content (AvgIpc) is 2.85. The Morgan fingerprint density at radius 1 is 1.52 bits per heavy atom. The third kappa shape index (κ3) is 3.63. The summed E-state index contributed by atoms with van der Waals surface area (Å²) in [6, 6.07) is 0. The maximum absolute atomic E-state index is 12.4. The highest BCUT2D eigenvalue weighted by Gasteiger charge is 2.43. The Kier molecular flexibility index (Phi) is 5.36. The Morgan fingerprint density at radius 3 is 2.95 bits per heavy atom. The van der Waals surface area contributed by atoms with Crippen molar-refractivity contribution in [2.45, 2.75) is 26.3 Å². The molecule has 2 rings (SSSR count). The number of methoxy groups -OCH3 is 1. The number of carbonyl (C=O) groups excluding carboxylic acids is 1. The molecular formula is C15H25N3O3. The number of nitrogens with zero attached hydrogens (tertiary/aromatic N) is 3. The van der Waals surface area contributed by atoms with Crippen LogP contribution in [0.1, 0.15) is 25.5 Å². The van der Waals surface area contributed by atoms with Gasteiger partial charge in [-0.3, -0.25) is 9.69 Å². The molecule has 0 unspecified atom stereocenters. The first kappa shape index (κ1) is 16.0. The van der Waals surface area contributed by atoms with Crippen LogP contribution in [0.25, 0.3) is 0 Å². The Hall–Kier alpha value is -1.40. The Balaban J connectivity index is 2.09. The summed E-state index contributed by atoms with van der Waals surface area (Å²) in [6.07, 6.45) is 5.46. The quantitative estimate of drug-likeness (QED) is 0.738. The first-order valence-electron chi connectivity index (χ1n) is 7.45. The minimum Gasteiger partial charge on any atom is -0.465 e. The summed E-state index contributed by atoms with van der Waals surface area (Å²) in [4.78, 5) is 18.8. The van der Waals surface area contributed by atoms with E-state index in [-0.39, 0.29) is 5.97 Å². The monoisotopic (exact) mass is 295 g/mol. The summed E-state index contributed by atoms with van der Waals surface area (Å²) in [6.45, 7) is 5.11. The third-order valence-corrected chi connectivity index (χ3v) is 4.09. The Labute approximate surface area is 126 Å². The summed E-state index contributed by atoms with van der Waals surface area (Å²) in [5.41, 5.74) is 0.605. The normalized spacial score (nSPS) is 23.2. The molecule has 2 heterocycles. The van der Waals surface area contributed by atoms with Crippen LogP contribution in [-0.4, -0.2) is 53.8 Å². The molecule has 1 fully saturated rings. The molecule has 21 heavy (non-hydrogen) atoms. The predicted molar refractivity (Wildman–Crippen MR) is 78.7 cm³/mol. The van der Waals surface area contributed by atoms with Crippen LogP contribution in [0, 0.1) is 5.41 Å². The fourth-order valence-corrected chi connectivity index (χ4v) is 3.03. The molecule has 0 amide bonds. The van der Waals surface area contributed by atoms with E-state index in [9.17, 15) is 4.79 Å². The Morgan fingerprint density at radius 2 is 2.33 bits per heavy atom. The molecule has 1 aromatic rings. The maximum Gasteiger partial charge on any atom is 0.315 e. The van der Waals surface area contributed by atoms with E-state index < -0.39 is 5.41 Å². The highest BCUT2D eigenvalue weighted by molar-refractivity contribution is 5.77. The number of aryl methyl sites for hydroxylation is 1. The molecule has 1 aromatic heterocycles. The van der Waals surface area contributed by atoms with Crippen molar-refractivity contribution < 1.29 is 14.3 Å². The summed E-state index contributed by atoms with van der Waals surface area (Å²) < 4.78 is 12.6. The van der Waals surface area contributed by atoms with Crippen LogP contribution in [0.2, 0.25) is 0 Å². The minimum absolute atomic E-state index is 0.137. The molecule has 118 valence electrons. The fourth-order valence-electron chi connectivity index (χ4n) is 3.03. The molecule has 0 bridgehead atoms. The molecule has 1 aliphatic rings. The lowest BCUT2D eigenvalue weighted by Crippen LogP contribution is -2.50. The zero-order chi connectivity index (χ0) is 15.3. The van der Waals surface area contributed by atoms with Gasteiger partial charge in [0.05, 0.1) is 25.2 Å². The lowest BCUT2D eigenvalue weighted by Gasteiger charge is -2.40. The van der Waals surface area contributed by atoms with Crippen LogP contribution in [0.5, 0.6) is 0 Å². The largest absolute Gasteiger partial charge is 0.465 e. The van der Waals surface area contributed by atoms with Crippen molar-refractivity contribution in [2.24, 2.45) is 12.5 Å². The lowest BCUT2D eigenvalue weighted by molar-refractivity contribution is -0.163. The van der Waals surface area contributed by atoms with Gasteiger partial charge in [-0.2, -0.15) is 0 Å². The summed E-state index contributed by atoms with van der Waals surface area (Å²) in [5.74, 6) is -0.137. The number of hydrogen-bond acceptors (Lipinski definition) is 5. The van der Waals surface area contributed by atoms with Crippen LogP contribution in [0.15, 0.2) is 12.5 Å². The number of piperidine rings is 1. The highest BCUT2D eigenvalue weighted by atomic mass is 16.5. The number of hydrogen-bond donors (Lipinski definition) is 0. The van der Waals surface area contributed by atoms with E-state index in [1.165, 1.54) is 0 Å². The molecule has 0 saturated carbocycles. The van der Waals surface area contributed by atoms with Crippen molar-refractivity contribution in [3.05, 3.63) is 18.2 Å². The molecular weight excluding hydrogens is 270 g/mol. The van der Waals surface area contributed by atoms with E-state index in [1.54, 1.807) is 13.4 Å². The molecule has 1 atom stereocenters. The van der Waals surface area contributed by atoms with Gasteiger partial charge in [0.15, 0.2) is 0 Å². The molecule has 1 saturated heterocycles. The summed E-state index contributed by atoms with van der Waals surface area (Å²) in [7, 11) is 3.63. The second-order valence-electron chi connectivity index (χ2n) is 5.74. The maximum atomic E-state index is 12.4. The van der Waals surface area contributed by atoms with Crippen molar-refractivity contribution in [3.8, 4) is 0 Å². The summed E-state index contributed by atoms with van der Waals surface area (Å²) >= 11 is 0. The van der Waals surface area contributed by atoms with Crippen LogP contribution in [0.4, 0.5) is 0 Å². The summed E-state index contributed by atoms with van der Waals surface area (Å²) in [5, 5.41) is 0. The third-order valence-electron chi connectivity index (χ3n) is 4.09. The van der Waals surface area contributed by atoms with Crippen molar-refractivity contribution in [1.82, 2.24) is 14.5 Å². The van der Waals surface area contributed by atoms with Gasteiger partial charge in [-0.25, -0.2) is 4.98 Å². The SMILES string of the molecule is CCOC(=O)[C@@]1(COC)CCCN(Cc2cncn2C)C1. The number of ether oxygens (including phenoxy) is 2. The second kappa shape index (κ2) is 7.04. The number of rotatable bonds is 6. The van der Waals surface area contributed by atoms with E-state index >= 15 is 0 Å². The van der Waals surface area contributed by atoms with Crippen LogP contribution < -0.4 is 0 Å². The van der Waals surface area contributed by atoms with E-state index in [0.717, 1.165) is 31.6 Å². The van der Waals surface area contributed by atoms with Crippen LogP contribution >= 0.6 is 0 Å². The molecule has 0 aliphatic carbocycles. The zero-order valence-electron chi connectivity index (χ0n) is 13.2. The molecule has 0 radical (unpaired) electrons. The molecule has 1 aliphatic heterocycles. The van der Waals surface area contributed by atoms with Gasteiger partial charge in [0.25, 0.3) is 0 Å². The van der Waals surface area contributed by atoms with E-state index in [0.29, 0.717) is 19.8 Å². The standard InChI is InChI=1S/C15H25N3O3/c1-4-21-14(19)15(11-20-3)6-5-7-18(10-15)9-13-8-16-12-17(13)2/h8,12H,4-7,9-11H2,1-3H3/t15-/m0/s1. The average molecular weight is 295 g/mol. The van der Waals surface area contributed by atoms with Gasteiger partial charge in [0.2, 0.25) is 0 Å². The fraction of sp³-hybridized carbons (Fsp3) is 0.733. The molecule has 6 heteroatoms. The first-order chi connectivity index (χ1) is 10.1. The van der Waals surface area contributed by atoms with Crippen molar-refractivity contribution in [2.75, 3.05) is 33.4 Å². The van der Waals surface area contributed by atoms with E-state index in [2.05, 4.69) is 9.88 Å². The van der Waals surface area contributed by atoms with Crippen molar-refractivity contribution in [1.29, 1.82) is 0 Å². The van der Waals surface area contributed by atoms with Gasteiger partial charge in [-0.05, 0) is 26.3 Å². The van der Waals surface area contributed by atoms with Gasteiger partial charge < -0.3 is 14.0 Å². The molecule has 0 aromatic carbocycles. The van der Waals surface area contributed by atoms with Gasteiger partial charge >= 0.3 is 5.97 Å². The van der Waals surface area contributed by atoms with E-state index in [4.69, 9.17) is 9.47 Å². The molecule has 0 spiro atoms.